The Morgan fingerprint density at radius 1 is 1.04 bits per heavy atom. The lowest BCUT2D eigenvalue weighted by Gasteiger charge is -2.09. The van der Waals surface area contributed by atoms with E-state index in [2.05, 4.69) is 15.9 Å². The highest BCUT2D eigenvalue weighted by molar-refractivity contribution is 9.10. The monoisotopic (exact) mass is 414 g/mol. The second kappa shape index (κ2) is 5.99. The number of benzene rings is 2. The van der Waals surface area contributed by atoms with E-state index in [1.54, 1.807) is 18.2 Å². The molecule has 0 radical (unpaired) electrons. The van der Waals surface area contributed by atoms with Crippen molar-refractivity contribution in [3.05, 3.63) is 68.4 Å². The summed E-state index contributed by atoms with van der Waals surface area (Å²) in [5, 5.41) is 0.683. The summed E-state index contributed by atoms with van der Waals surface area (Å²) >= 11 is 9.15. The Kier molecular flexibility index (Phi) is 4.18. The van der Waals surface area contributed by atoms with Gasteiger partial charge in [0.2, 0.25) is 0 Å². The molecule has 23 heavy (non-hydrogen) atoms. The van der Waals surface area contributed by atoms with E-state index >= 15 is 0 Å². The largest absolute Gasteiger partial charge is 0.423 e. The van der Waals surface area contributed by atoms with Crippen molar-refractivity contribution < 1.29 is 17.0 Å². The fourth-order valence-corrected chi connectivity index (χ4v) is 3.88. The van der Waals surface area contributed by atoms with Gasteiger partial charge in [-0.3, -0.25) is 0 Å². The van der Waals surface area contributed by atoms with Crippen LogP contribution in [-0.4, -0.2) is 8.42 Å². The first kappa shape index (κ1) is 16.0. The van der Waals surface area contributed by atoms with Crippen molar-refractivity contribution in [2.75, 3.05) is 0 Å². The molecular formula is C15H8BrClO5S. The summed E-state index contributed by atoms with van der Waals surface area (Å²) in [6.07, 6.45) is 0. The fraction of sp³-hybridized carbons (Fsp3) is 0. The van der Waals surface area contributed by atoms with Gasteiger partial charge in [-0.15, -0.1) is 0 Å². The predicted molar refractivity (Wildman–Crippen MR) is 89.4 cm³/mol. The summed E-state index contributed by atoms with van der Waals surface area (Å²) in [7, 11) is -4.11. The molecule has 0 amide bonds. The lowest BCUT2D eigenvalue weighted by atomic mass is 10.2. The van der Waals surface area contributed by atoms with Crippen LogP contribution in [0.3, 0.4) is 0 Å². The highest BCUT2D eigenvalue weighted by Crippen LogP contribution is 2.28. The van der Waals surface area contributed by atoms with Crippen molar-refractivity contribution in [2.24, 2.45) is 0 Å². The second-order valence-corrected chi connectivity index (χ2v) is 7.40. The van der Waals surface area contributed by atoms with Crippen LogP contribution in [0.25, 0.3) is 11.0 Å². The molecular weight excluding hydrogens is 408 g/mol. The minimum atomic E-state index is -4.11. The van der Waals surface area contributed by atoms with Gasteiger partial charge in [0.1, 0.15) is 16.2 Å². The third-order valence-corrected chi connectivity index (χ3v) is 5.19. The van der Waals surface area contributed by atoms with Crippen molar-refractivity contribution in [1.29, 1.82) is 0 Å². The Morgan fingerprint density at radius 3 is 2.52 bits per heavy atom. The first-order chi connectivity index (χ1) is 10.8. The number of hydrogen-bond donors (Lipinski definition) is 0. The zero-order valence-corrected chi connectivity index (χ0v) is 14.5. The van der Waals surface area contributed by atoms with Gasteiger partial charge in [0.15, 0.2) is 0 Å². The van der Waals surface area contributed by atoms with Gasteiger partial charge in [0, 0.05) is 22.0 Å². The molecule has 0 atom stereocenters. The molecule has 0 aliphatic rings. The highest BCUT2D eigenvalue weighted by atomic mass is 79.9. The van der Waals surface area contributed by atoms with Gasteiger partial charge in [-0.1, -0.05) is 27.5 Å². The lowest BCUT2D eigenvalue weighted by molar-refractivity contribution is 0.485. The molecule has 5 nitrogen and oxygen atoms in total. The summed E-state index contributed by atoms with van der Waals surface area (Å²) in [6.45, 7) is 0. The van der Waals surface area contributed by atoms with Gasteiger partial charge in [-0.25, -0.2) is 4.79 Å². The summed E-state index contributed by atoms with van der Waals surface area (Å²) in [6, 6.07) is 11.6. The van der Waals surface area contributed by atoms with Crippen LogP contribution in [0.1, 0.15) is 0 Å². The third kappa shape index (κ3) is 3.41. The molecule has 1 heterocycles. The van der Waals surface area contributed by atoms with E-state index in [-0.39, 0.29) is 21.3 Å². The maximum atomic E-state index is 12.3. The van der Waals surface area contributed by atoms with E-state index in [0.29, 0.717) is 9.86 Å². The van der Waals surface area contributed by atoms with E-state index in [1.165, 1.54) is 30.3 Å². The molecule has 0 aliphatic heterocycles. The molecule has 0 unspecified atom stereocenters. The summed E-state index contributed by atoms with van der Waals surface area (Å²) in [4.78, 5) is 11.1. The van der Waals surface area contributed by atoms with Crippen molar-refractivity contribution in [2.45, 2.75) is 4.90 Å². The molecule has 2 aromatic carbocycles. The average molecular weight is 416 g/mol. The summed E-state index contributed by atoms with van der Waals surface area (Å²) in [5.74, 6) is 0.0193. The number of fused-ring (bicyclic) bond motifs is 1. The Labute approximate surface area is 144 Å². The molecule has 0 fully saturated rings. The van der Waals surface area contributed by atoms with Crippen LogP contribution in [0, 0.1) is 0 Å². The normalized spacial score (nSPS) is 11.6. The van der Waals surface area contributed by atoms with E-state index in [9.17, 15) is 13.2 Å². The van der Waals surface area contributed by atoms with Gasteiger partial charge in [-0.05, 0) is 36.4 Å². The van der Waals surface area contributed by atoms with Gasteiger partial charge >= 0.3 is 15.7 Å². The smallest absolute Gasteiger partial charge is 0.340 e. The molecule has 3 rings (SSSR count). The zero-order valence-electron chi connectivity index (χ0n) is 11.3. The lowest BCUT2D eigenvalue weighted by Crippen LogP contribution is -2.10. The van der Waals surface area contributed by atoms with Crippen LogP contribution in [-0.2, 0) is 10.1 Å². The van der Waals surface area contributed by atoms with Crippen molar-refractivity contribution in [1.82, 2.24) is 0 Å². The van der Waals surface area contributed by atoms with Crippen LogP contribution in [0.2, 0.25) is 5.02 Å². The van der Waals surface area contributed by atoms with Gasteiger partial charge in [-0.2, -0.15) is 8.42 Å². The number of halogens is 2. The maximum Gasteiger partial charge on any atom is 0.340 e. The first-order valence-electron chi connectivity index (χ1n) is 6.29. The number of hydrogen-bond acceptors (Lipinski definition) is 5. The van der Waals surface area contributed by atoms with Crippen LogP contribution >= 0.6 is 27.5 Å². The van der Waals surface area contributed by atoms with Gasteiger partial charge < -0.3 is 8.60 Å². The van der Waals surface area contributed by atoms with Crippen LogP contribution < -0.4 is 9.81 Å². The van der Waals surface area contributed by atoms with Gasteiger partial charge in [0.25, 0.3) is 0 Å². The third-order valence-electron chi connectivity index (χ3n) is 2.96. The quantitative estimate of drug-likeness (QED) is 0.478. The summed E-state index contributed by atoms with van der Waals surface area (Å²) in [5.41, 5.74) is -0.305. The highest BCUT2D eigenvalue weighted by Gasteiger charge is 2.20. The topological polar surface area (TPSA) is 73.6 Å². The van der Waals surface area contributed by atoms with Crippen molar-refractivity contribution in [3.8, 4) is 5.75 Å². The molecule has 0 bridgehead atoms. The Hall–Kier alpha value is -1.83. The molecule has 0 saturated carbocycles. The summed E-state index contributed by atoms with van der Waals surface area (Å²) < 4.78 is 35.4. The molecule has 1 aromatic heterocycles. The Bertz CT molecular complexity index is 1060. The minimum absolute atomic E-state index is 0.0193. The van der Waals surface area contributed by atoms with E-state index < -0.39 is 15.7 Å². The Balaban J connectivity index is 2.01. The second-order valence-electron chi connectivity index (χ2n) is 4.57. The minimum Gasteiger partial charge on any atom is -0.423 e. The fourth-order valence-electron chi connectivity index (χ4n) is 1.94. The predicted octanol–water partition coefficient (Wildman–Crippen LogP) is 3.98. The molecule has 0 spiro atoms. The molecule has 0 N–H and O–H groups in total. The Morgan fingerprint density at radius 2 is 1.78 bits per heavy atom. The van der Waals surface area contributed by atoms with Crippen LogP contribution in [0.4, 0.5) is 0 Å². The molecule has 0 saturated heterocycles. The van der Waals surface area contributed by atoms with Crippen molar-refractivity contribution in [3.63, 3.8) is 0 Å². The van der Waals surface area contributed by atoms with E-state index in [1.807, 2.05) is 0 Å². The maximum absolute atomic E-state index is 12.3. The number of rotatable bonds is 3. The van der Waals surface area contributed by atoms with Gasteiger partial charge in [0.05, 0.1) is 5.02 Å². The van der Waals surface area contributed by atoms with E-state index in [0.717, 1.165) is 0 Å². The van der Waals surface area contributed by atoms with E-state index in [4.69, 9.17) is 20.2 Å². The molecule has 118 valence electrons. The SMILES string of the molecule is O=c1ccc2ccc(OS(=O)(=O)c3ccc(Br)cc3Cl)cc2o1. The van der Waals surface area contributed by atoms with Crippen LogP contribution in [0.5, 0.6) is 5.75 Å². The standard InChI is InChI=1S/C15H8BrClO5S/c16-10-3-5-14(12(17)7-10)23(19,20)22-11-4-1-9-2-6-15(18)21-13(9)8-11/h1-8H. The van der Waals surface area contributed by atoms with Crippen LogP contribution in [0.15, 0.2) is 67.1 Å². The molecule has 0 aliphatic carbocycles. The molecule has 8 heteroatoms. The van der Waals surface area contributed by atoms with Crippen molar-refractivity contribution >= 4 is 48.6 Å². The average Bonchev–Trinajstić information content (AvgIpc) is 2.45. The zero-order chi connectivity index (χ0) is 16.6. The molecule has 3 aromatic rings. The first-order valence-corrected chi connectivity index (χ1v) is 8.86.